The number of anilines is 1. The molecule has 1 aromatic rings. The van der Waals surface area contributed by atoms with Gasteiger partial charge in [-0.2, -0.15) is 0 Å². The van der Waals surface area contributed by atoms with Crippen molar-refractivity contribution in [3.8, 4) is 0 Å². The van der Waals surface area contributed by atoms with Crippen molar-refractivity contribution in [2.24, 2.45) is 0 Å². The van der Waals surface area contributed by atoms with Crippen molar-refractivity contribution in [3.05, 3.63) is 29.8 Å². The monoisotopic (exact) mass is 286 g/mol. The Balaban J connectivity index is 1.76. The Morgan fingerprint density at radius 1 is 1.05 bits per heavy atom. The molecule has 116 valence electrons. The molecule has 0 aromatic heterocycles. The van der Waals surface area contributed by atoms with Crippen molar-refractivity contribution < 1.29 is 0 Å². The standard InChI is InChI=1S/C19H30N2/c1-3-7-15-8-5-6-9-19(15)21-17-10-11-18(21)14-16(13-17)20-12-4-2/h5-6,8-9,16-18,20H,3-4,7,10-14H2,1-2H3. The van der Waals surface area contributed by atoms with Gasteiger partial charge in [0.2, 0.25) is 0 Å². The number of hydrogen-bond donors (Lipinski definition) is 1. The molecule has 1 aromatic carbocycles. The summed E-state index contributed by atoms with van der Waals surface area (Å²) in [6.07, 6.45) is 9.12. The topological polar surface area (TPSA) is 15.3 Å². The van der Waals surface area contributed by atoms with E-state index in [0.29, 0.717) is 0 Å². The average Bonchev–Trinajstić information content (AvgIpc) is 2.77. The lowest BCUT2D eigenvalue weighted by molar-refractivity contribution is 0.356. The number of piperidine rings is 1. The van der Waals surface area contributed by atoms with E-state index >= 15 is 0 Å². The van der Waals surface area contributed by atoms with Gasteiger partial charge in [-0.05, 0) is 56.7 Å². The maximum atomic E-state index is 3.76. The van der Waals surface area contributed by atoms with Crippen molar-refractivity contribution in [3.63, 3.8) is 0 Å². The molecule has 2 aliphatic rings. The molecule has 1 N–H and O–H groups in total. The van der Waals surface area contributed by atoms with Crippen molar-refractivity contribution in [2.45, 2.75) is 76.9 Å². The minimum Gasteiger partial charge on any atom is -0.365 e. The van der Waals surface area contributed by atoms with Crippen molar-refractivity contribution >= 4 is 5.69 Å². The van der Waals surface area contributed by atoms with E-state index in [1.54, 1.807) is 5.56 Å². The minimum atomic E-state index is 0.747. The summed E-state index contributed by atoms with van der Waals surface area (Å²) < 4.78 is 0. The first kappa shape index (κ1) is 14.9. The Bertz CT molecular complexity index is 443. The number of rotatable bonds is 6. The van der Waals surface area contributed by atoms with Crippen LogP contribution in [0, 0.1) is 0 Å². The molecule has 2 nitrogen and oxygen atoms in total. The highest BCUT2D eigenvalue weighted by Gasteiger charge is 2.40. The van der Waals surface area contributed by atoms with Crippen LogP contribution >= 0.6 is 0 Å². The lowest BCUT2D eigenvalue weighted by Crippen LogP contribution is -2.49. The van der Waals surface area contributed by atoms with Gasteiger partial charge in [0.1, 0.15) is 0 Å². The summed E-state index contributed by atoms with van der Waals surface area (Å²) in [6, 6.07) is 11.4. The summed E-state index contributed by atoms with van der Waals surface area (Å²) in [6.45, 7) is 5.72. The van der Waals surface area contributed by atoms with Crippen LogP contribution in [-0.2, 0) is 6.42 Å². The van der Waals surface area contributed by atoms with Gasteiger partial charge in [0, 0.05) is 23.8 Å². The van der Waals surface area contributed by atoms with Gasteiger partial charge in [-0.1, -0.05) is 38.5 Å². The molecular weight excluding hydrogens is 256 g/mol. The number of benzene rings is 1. The molecule has 2 bridgehead atoms. The normalized spacial score (nSPS) is 28.1. The molecule has 3 rings (SSSR count). The smallest absolute Gasteiger partial charge is 0.0403 e. The fourth-order valence-corrected chi connectivity index (χ4v) is 4.33. The molecule has 2 fully saturated rings. The van der Waals surface area contributed by atoms with E-state index in [4.69, 9.17) is 0 Å². The number of fused-ring (bicyclic) bond motifs is 2. The molecule has 2 heteroatoms. The van der Waals surface area contributed by atoms with E-state index in [9.17, 15) is 0 Å². The molecule has 2 aliphatic heterocycles. The van der Waals surface area contributed by atoms with Gasteiger partial charge in [-0.3, -0.25) is 0 Å². The summed E-state index contributed by atoms with van der Waals surface area (Å²) in [4.78, 5) is 2.77. The van der Waals surface area contributed by atoms with Gasteiger partial charge in [-0.25, -0.2) is 0 Å². The quantitative estimate of drug-likeness (QED) is 0.845. The molecule has 0 amide bonds. The van der Waals surface area contributed by atoms with E-state index in [1.165, 1.54) is 57.2 Å². The van der Waals surface area contributed by atoms with Gasteiger partial charge in [0.15, 0.2) is 0 Å². The largest absolute Gasteiger partial charge is 0.365 e. The van der Waals surface area contributed by atoms with Crippen LogP contribution in [0.25, 0.3) is 0 Å². The number of para-hydroxylation sites is 1. The molecule has 21 heavy (non-hydrogen) atoms. The molecule has 0 saturated carbocycles. The Morgan fingerprint density at radius 2 is 1.76 bits per heavy atom. The first-order chi connectivity index (χ1) is 10.3. The van der Waals surface area contributed by atoms with E-state index in [0.717, 1.165) is 18.1 Å². The zero-order chi connectivity index (χ0) is 14.7. The van der Waals surface area contributed by atoms with E-state index in [-0.39, 0.29) is 0 Å². The van der Waals surface area contributed by atoms with Crippen LogP contribution in [0.2, 0.25) is 0 Å². The molecule has 2 atom stereocenters. The number of aryl methyl sites for hydroxylation is 1. The van der Waals surface area contributed by atoms with Gasteiger partial charge in [-0.15, -0.1) is 0 Å². The maximum absolute atomic E-state index is 3.76. The van der Waals surface area contributed by atoms with Crippen LogP contribution in [0.3, 0.4) is 0 Å². The molecule has 0 radical (unpaired) electrons. The summed E-state index contributed by atoms with van der Waals surface area (Å²) >= 11 is 0. The van der Waals surface area contributed by atoms with Crippen LogP contribution in [0.5, 0.6) is 0 Å². The van der Waals surface area contributed by atoms with Crippen LogP contribution in [0.1, 0.15) is 57.9 Å². The predicted octanol–water partition coefficient (Wildman–Crippen LogP) is 4.14. The van der Waals surface area contributed by atoms with Gasteiger partial charge in [0.05, 0.1) is 0 Å². The summed E-state index contributed by atoms with van der Waals surface area (Å²) in [5.74, 6) is 0. The molecule has 0 aliphatic carbocycles. The van der Waals surface area contributed by atoms with E-state index in [1.807, 2.05) is 0 Å². The Kier molecular flexibility index (Phi) is 4.84. The second kappa shape index (κ2) is 6.83. The SMILES string of the molecule is CCCNC1CC2CCC(C1)N2c1ccccc1CCC. The Hall–Kier alpha value is -1.02. The van der Waals surface area contributed by atoms with Crippen LogP contribution in [0.4, 0.5) is 5.69 Å². The van der Waals surface area contributed by atoms with Gasteiger partial charge >= 0.3 is 0 Å². The van der Waals surface area contributed by atoms with Gasteiger partial charge in [0.25, 0.3) is 0 Å². The molecule has 2 saturated heterocycles. The average molecular weight is 286 g/mol. The van der Waals surface area contributed by atoms with Crippen molar-refractivity contribution in [1.82, 2.24) is 5.32 Å². The maximum Gasteiger partial charge on any atom is 0.0403 e. The first-order valence-electron chi connectivity index (χ1n) is 8.93. The molecule has 2 unspecified atom stereocenters. The molecule has 2 heterocycles. The van der Waals surface area contributed by atoms with Crippen LogP contribution < -0.4 is 10.2 Å². The molecule has 0 spiro atoms. The van der Waals surface area contributed by atoms with Crippen molar-refractivity contribution in [2.75, 3.05) is 11.4 Å². The summed E-state index contributed by atoms with van der Waals surface area (Å²) in [7, 11) is 0. The van der Waals surface area contributed by atoms with E-state index in [2.05, 4.69) is 48.3 Å². The lowest BCUT2D eigenvalue weighted by Gasteiger charge is -2.42. The summed E-state index contributed by atoms with van der Waals surface area (Å²) in [5.41, 5.74) is 3.08. The molecular formula is C19H30N2. The third-order valence-corrected chi connectivity index (χ3v) is 5.21. The minimum absolute atomic E-state index is 0.747. The number of nitrogens with zero attached hydrogens (tertiary/aromatic N) is 1. The third kappa shape index (κ3) is 3.11. The second-order valence-corrected chi connectivity index (χ2v) is 6.79. The third-order valence-electron chi connectivity index (χ3n) is 5.21. The number of nitrogens with one attached hydrogen (secondary N) is 1. The Morgan fingerprint density at radius 3 is 2.43 bits per heavy atom. The fourth-order valence-electron chi connectivity index (χ4n) is 4.33. The second-order valence-electron chi connectivity index (χ2n) is 6.79. The zero-order valence-electron chi connectivity index (χ0n) is 13.6. The highest BCUT2D eigenvalue weighted by atomic mass is 15.2. The summed E-state index contributed by atoms with van der Waals surface area (Å²) in [5, 5.41) is 3.76. The van der Waals surface area contributed by atoms with Crippen LogP contribution in [-0.4, -0.2) is 24.7 Å². The van der Waals surface area contributed by atoms with Gasteiger partial charge < -0.3 is 10.2 Å². The number of hydrogen-bond acceptors (Lipinski definition) is 2. The zero-order valence-corrected chi connectivity index (χ0v) is 13.6. The lowest BCUT2D eigenvalue weighted by atomic mass is 9.95. The highest BCUT2D eigenvalue weighted by Crippen LogP contribution is 2.40. The first-order valence-corrected chi connectivity index (χ1v) is 8.93. The predicted molar refractivity (Wildman–Crippen MR) is 91.0 cm³/mol. The van der Waals surface area contributed by atoms with Crippen LogP contribution in [0.15, 0.2) is 24.3 Å². The fraction of sp³-hybridized carbons (Fsp3) is 0.684. The highest BCUT2D eigenvalue weighted by molar-refractivity contribution is 5.57. The Labute approximate surface area is 129 Å². The van der Waals surface area contributed by atoms with E-state index < -0.39 is 0 Å². The van der Waals surface area contributed by atoms with Crippen molar-refractivity contribution in [1.29, 1.82) is 0 Å².